The van der Waals surface area contributed by atoms with Crippen molar-refractivity contribution in [3.05, 3.63) is 60.6 Å². The second kappa shape index (κ2) is 8.02. The highest BCUT2D eigenvalue weighted by atomic mass is 16.5. The molecule has 0 unspecified atom stereocenters. The van der Waals surface area contributed by atoms with Gasteiger partial charge in [-0.15, -0.1) is 0 Å². The van der Waals surface area contributed by atoms with E-state index in [2.05, 4.69) is 20.4 Å². The van der Waals surface area contributed by atoms with E-state index in [4.69, 9.17) is 15.2 Å². The standard InChI is InChI=1S/C18H20N6O2/c1-25-15-5-4-14(11-16(15)26-2)23-18(19)21-12-13-6-8-20-17(10-13)24-9-3-7-22-24/h3-11H,12H2,1-2H3,(H3,19,21,23). The molecule has 1 aromatic carbocycles. The molecule has 134 valence electrons. The molecule has 0 atom stereocenters. The van der Waals surface area contributed by atoms with Gasteiger partial charge in [0.15, 0.2) is 23.3 Å². The molecule has 0 radical (unpaired) electrons. The summed E-state index contributed by atoms with van der Waals surface area (Å²) in [6.45, 7) is 0.420. The first-order valence-electron chi connectivity index (χ1n) is 7.93. The second-order valence-corrected chi connectivity index (χ2v) is 5.37. The van der Waals surface area contributed by atoms with Gasteiger partial charge in [-0.25, -0.2) is 14.7 Å². The molecule has 26 heavy (non-hydrogen) atoms. The van der Waals surface area contributed by atoms with Crippen molar-refractivity contribution < 1.29 is 9.47 Å². The first kappa shape index (κ1) is 17.3. The lowest BCUT2D eigenvalue weighted by atomic mass is 10.2. The highest BCUT2D eigenvalue weighted by Gasteiger charge is 2.05. The summed E-state index contributed by atoms with van der Waals surface area (Å²) in [4.78, 5) is 8.66. The summed E-state index contributed by atoms with van der Waals surface area (Å²) in [5.41, 5.74) is 7.72. The molecule has 3 N–H and O–H groups in total. The first-order valence-corrected chi connectivity index (χ1v) is 7.93. The van der Waals surface area contributed by atoms with Gasteiger partial charge in [0.25, 0.3) is 0 Å². The normalized spacial score (nSPS) is 11.2. The minimum absolute atomic E-state index is 0.301. The maximum Gasteiger partial charge on any atom is 0.193 e. The molecule has 0 bridgehead atoms. The number of nitrogens with zero attached hydrogens (tertiary/aromatic N) is 4. The Morgan fingerprint density at radius 3 is 2.73 bits per heavy atom. The lowest BCUT2D eigenvalue weighted by molar-refractivity contribution is 0.355. The molecule has 0 aliphatic heterocycles. The van der Waals surface area contributed by atoms with Crippen molar-refractivity contribution in [2.45, 2.75) is 6.54 Å². The van der Waals surface area contributed by atoms with E-state index in [9.17, 15) is 0 Å². The molecule has 0 spiro atoms. The lowest BCUT2D eigenvalue weighted by Crippen LogP contribution is -2.22. The maximum absolute atomic E-state index is 5.98. The van der Waals surface area contributed by atoms with Crippen molar-refractivity contribution in [3.8, 4) is 17.3 Å². The van der Waals surface area contributed by atoms with Crippen LogP contribution in [0.3, 0.4) is 0 Å². The molecule has 0 aliphatic carbocycles. The number of methoxy groups -OCH3 is 2. The van der Waals surface area contributed by atoms with Crippen LogP contribution in [-0.2, 0) is 6.54 Å². The highest BCUT2D eigenvalue weighted by molar-refractivity contribution is 5.92. The number of guanidine groups is 1. The van der Waals surface area contributed by atoms with Crippen LogP contribution in [0.15, 0.2) is 60.0 Å². The van der Waals surface area contributed by atoms with Crippen molar-refractivity contribution in [1.82, 2.24) is 14.8 Å². The zero-order valence-corrected chi connectivity index (χ0v) is 14.6. The Morgan fingerprint density at radius 1 is 1.15 bits per heavy atom. The summed E-state index contributed by atoms with van der Waals surface area (Å²) < 4.78 is 12.2. The van der Waals surface area contributed by atoms with E-state index in [1.807, 2.05) is 30.5 Å². The van der Waals surface area contributed by atoms with Crippen LogP contribution in [0, 0.1) is 0 Å². The van der Waals surface area contributed by atoms with E-state index >= 15 is 0 Å². The number of hydrogen-bond donors (Lipinski definition) is 2. The molecule has 3 aromatic rings. The third-order valence-electron chi connectivity index (χ3n) is 3.64. The zero-order chi connectivity index (χ0) is 18.4. The SMILES string of the molecule is COc1ccc(NC(N)=NCc2ccnc(-n3cccn3)c2)cc1OC. The summed E-state index contributed by atoms with van der Waals surface area (Å²) >= 11 is 0. The number of benzene rings is 1. The third kappa shape index (κ3) is 4.10. The Bertz CT molecular complexity index is 892. The Kier molecular flexibility index (Phi) is 5.33. The largest absolute Gasteiger partial charge is 0.493 e. The van der Waals surface area contributed by atoms with Crippen LogP contribution in [0.1, 0.15) is 5.56 Å². The molecule has 0 saturated heterocycles. The molecule has 2 heterocycles. The van der Waals surface area contributed by atoms with Gasteiger partial charge >= 0.3 is 0 Å². The fourth-order valence-corrected chi connectivity index (χ4v) is 2.37. The average Bonchev–Trinajstić information content (AvgIpc) is 3.21. The van der Waals surface area contributed by atoms with Gasteiger partial charge in [-0.05, 0) is 35.9 Å². The minimum Gasteiger partial charge on any atom is -0.493 e. The monoisotopic (exact) mass is 352 g/mol. The number of anilines is 1. The Hall–Kier alpha value is -3.55. The molecule has 0 saturated carbocycles. The summed E-state index contributed by atoms with van der Waals surface area (Å²) in [6, 6.07) is 11.1. The Balaban J connectivity index is 1.68. The molecule has 2 aromatic heterocycles. The van der Waals surface area contributed by atoms with Crippen LogP contribution in [0.25, 0.3) is 5.82 Å². The van der Waals surface area contributed by atoms with Gasteiger partial charge in [0, 0.05) is 30.3 Å². The number of aromatic nitrogens is 3. The van der Waals surface area contributed by atoms with Crippen LogP contribution in [-0.4, -0.2) is 34.9 Å². The summed E-state index contributed by atoms with van der Waals surface area (Å²) in [6.07, 6.45) is 5.26. The van der Waals surface area contributed by atoms with Crippen molar-refractivity contribution in [3.63, 3.8) is 0 Å². The molecule has 0 aliphatic rings. The molecule has 0 amide bonds. The van der Waals surface area contributed by atoms with Crippen LogP contribution >= 0.6 is 0 Å². The fraction of sp³-hybridized carbons (Fsp3) is 0.167. The molecule has 3 rings (SSSR count). The van der Waals surface area contributed by atoms with E-state index in [0.717, 1.165) is 17.1 Å². The van der Waals surface area contributed by atoms with E-state index in [1.165, 1.54) is 0 Å². The maximum atomic E-state index is 5.98. The number of pyridine rings is 1. The van der Waals surface area contributed by atoms with Crippen LogP contribution < -0.4 is 20.5 Å². The van der Waals surface area contributed by atoms with Crippen LogP contribution in [0.5, 0.6) is 11.5 Å². The first-order chi connectivity index (χ1) is 12.7. The van der Waals surface area contributed by atoms with E-state index in [0.29, 0.717) is 24.0 Å². The average molecular weight is 352 g/mol. The van der Waals surface area contributed by atoms with Crippen LogP contribution in [0.2, 0.25) is 0 Å². The van der Waals surface area contributed by atoms with Crippen molar-refractivity contribution in [1.29, 1.82) is 0 Å². The van der Waals surface area contributed by atoms with E-state index < -0.39 is 0 Å². The van der Waals surface area contributed by atoms with Crippen molar-refractivity contribution in [2.24, 2.45) is 10.7 Å². The minimum atomic E-state index is 0.301. The molecular formula is C18H20N6O2. The van der Waals surface area contributed by atoms with Gasteiger partial charge in [0.1, 0.15) is 0 Å². The smallest absolute Gasteiger partial charge is 0.193 e. The number of hydrogen-bond acceptors (Lipinski definition) is 5. The third-order valence-corrected chi connectivity index (χ3v) is 3.64. The quantitative estimate of drug-likeness (QED) is 0.521. The van der Waals surface area contributed by atoms with Gasteiger partial charge in [-0.1, -0.05) is 0 Å². The molecular weight excluding hydrogens is 332 g/mol. The zero-order valence-electron chi connectivity index (χ0n) is 14.6. The fourth-order valence-electron chi connectivity index (χ4n) is 2.37. The van der Waals surface area contributed by atoms with Gasteiger partial charge < -0.3 is 20.5 Å². The van der Waals surface area contributed by atoms with E-state index in [1.54, 1.807) is 43.4 Å². The van der Waals surface area contributed by atoms with Gasteiger partial charge in [-0.2, -0.15) is 5.10 Å². The predicted octanol–water partition coefficient (Wildman–Crippen LogP) is 2.21. The highest BCUT2D eigenvalue weighted by Crippen LogP contribution is 2.29. The number of ether oxygens (including phenoxy) is 2. The number of rotatable bonds is 6. The summed E-state index contributed by atoms with van der Waals surface area (Å²) in [5.74, 6) is 2.29. The molecule has 8 nitrogen and oxygen atoms in total. The van der Waals surface area contributed by atoms with Crippen molar-refractivity contribution in [2.75, 3.05) is 19.5 Å². The van der Waals surface area contributed by atoms with E-state index in [-0.39, 0.29) is 0 Å². The molecule has 0 fully saturated rings. The predicted molar refractivity (Wildman–Crippen MR) is 99.9 cm³/mol. The topological polar surface area (TPSA) is 99.6 Å². The number of nitrogens with one attached hydrogen (secondary N) is 1. The van der Waals surface area contributed by atoms with Crippen molar-refractivity contribution >= 4 is 11.6 Å². The Morgan fingerprint density at radius 2 is 2.00 bits per heavy atom. The Labute approximate surface area is 151 Å². The lowest BCUT2D eigenvalue weighted by Gasteiger charge is -2.11. The second-order valence-electron chi connectivity index (χ2n) is 5.37. The van der Waals surface area contributed by atoms with Gasteiger partial charge in [-0.3, -0.25) is 0 Å². The van der Waals surface area contributed by atoms with Gasteiger partial charge in [0.2, 0.25) is 0 Å². The summed E-state index contributed by atoms with van der Waals surface area (Å²) in [7, 11) is 3.17. The summed E-state index contributed by atoms with van der Waals surface area (Å²) in [5, 5.41) is 7.21. The number of aliphatic imine (C=N–C) groups is 1. The molecule has 8 heteroatoms. The number of nitrogens with two attached hydrogens (primary N) is 1. The van der Waals surface area contributed by atoms with Crippen LogP contribution in [0.4, 0.5) is 5.69 Å². The van der Waals surface area contributed by atoms with Gasteiger partial charge in [0.05, 0.1) is 20.8 Å².